The summed E-state index contributed by atoms with van der Waals surface area (Å²) in [6.07, 6.45) is -1.09. The summed E-state index contributed by atoms with van der Waals surface area (Å²) in [4.78, 5) is 0. The molecule has 1 rings (SSSR count). The van der Waals surface area contributed by atoms with Crippen LogP contribution in [0.1, 0.15) is 18.6 Å². The van der Waals surface area contributed by atoms with Gasteiger partial charge in [-0.25, -0.2) is 12.8 Å². The van der Waals surface area contributed by atoms with Crippen LogP contribution in [0.4, 0.5) is 4.39 Å². The van der Waals surface area contributed by atoms with E-state index in [2.05, 4.69) is 0 Å². The van der Waals surface area contributed by atoms with E-state index < -0.39 is 21.8 Å². The first-order valence-corrected chi connectivity index (χ1v) is 6.40. The van der Waals surface area contributed by atoms with Gasteiger partial charge in [0, 0.05) is 5.75 Å². The van der Waals surface area contributed by atoms with E-state index in [0.29, 0.717) is 5.56 Å². The number of hydrogen-bond acceptors (Lipinski definition) is 3. The van der Waals surface area contributed by atoms with Crippen LogP contribution in [0, 0.1) is 5.82 Å². The standard InChI is InChI=1S/C10H13FO3S/c1-2-15(13,14)7-10(12)8-3-5-9(11)6-4-8/h3-6,10,12H,2,7H2,1H3/t10-/m1/s1. The molecule has 5 heteroatoms. The van der Waals surface area contributed by atoms with Crippen LogP contribution >= 0.6 is 0 Å². The summed E-state index contributed by atoms with van der Waals surface area (Å²) in [6, 6.07) is 5.14. The third-order valence-corrected chi connectivity index (χ3v) is 3.81. The van der Waals surface area contributed by atoms with E-state index in [4.69, 9.17) is 0 Å². The van der Waals surface area contributed by atoms with Crippen LogP contribution in [-0.2, 0) is 9.84 Å². The van der Waals surface area contributed by atoms with Crippen molar-refractivity contribution >= 4 is 9.84 Å². The molecule has 0 spiro atoms. The van der Waals surface area contributed by atoms with Crippen LogP contribution in [0.15, 0.2) is 24.3 Å². The summed E-state index contributed by atoms with van der Waals surface area (Å²) in [6.45, 7) is 1.52. The average Bonchev–Trinajstić information content (AvgIpc) is 2.18. The molecule has 0 saturated heterocycles. The molecule has 0 amide bonds. The molecule has 0 fully saturated rings. The summed E-state index contributed by atoms with van der Waals surface area (Å²) in [5.41, 5.74) is 0.411. The quantitative estimate of drug-likeness (QED) is 0.851. The molecule has 0 bridgehead atoms. The second-order valence-corrected chi connectivity index (χ2v) is 5.66. The lowest BCUT2D eigenvalue weighted by molar-refractivity contribution is 0.201. The first kappa shape index (κ1) is 12.1. The molecular formula is C10H13FO3S. The molecule has 0 aromatic heterocycles. The van der Waals surface area contributed by atoms with Crippen molar-refractivity contribution in [2.45, 2.75) is 13.0 Å². The minimum Gasteiger partial charge on any atom is -0.387 e. The Bertz CT molecular complexity index is 411. The molecule has 0 aliphatic carbocycles. The number of halogens is 1. The fourth-order valence-corrected chi connectivity index (χ4v) is 2.05. The zero-order valence-electron chi connectivity index (χ0n) is 8.35. The normalized spacial score (nSPS) is 13.8. The lowest BCUT2D eigenvalue weighted by Crippen LogP contribution is -2.16. The van der Waals surface area contributed by atoms with Crippen molar-refractivity contribution in [2.75, 3.05) is 11.5 Å². The van der Waals surface area contributed by atoms with Crippen LogP contribution in [0.2, 0.25) is 0 Å². The molecule has 84 valence electrons. The maximum atomic E-state index is 12.6. The highest BCUT2D eigenvalue weighted by Crippen LogP contribution is 2.15. The second-order valence-electron chi connectivity index (χ2n) is 3.27. The number of hydrogen-bond donors (Lipinski definition) is 1. The van der Waals surface area contributed by atoms with E-state index in [0.717, 1.165) is 0 Å². The van der Waals surface area contributed by atoms with Gasteiger partial charge in [-0.15, -0.1) is 0 Å². The van der Waals surface area contributed by atoms with Crippen LogP contribution < -0.4 is 0 Å². The molecule has 0 heterocycles. The van der Waals surface area contributed by atoms with Crippen molar-refractivity contribution < 1.29 is 17.9 Å². The number of aliphatic hydroxyl groups excluding tert-OH is 1. The van der Waals surface area contributed by atoms with Gasteiger partial charge in [0.25, 0.3) is 0 Å². The molecule has 1 aromatic carbocycles. The van der Waals surface area contributed by atoms with Gasteiger partial charge in [0.05, 0.1) is 11.9 Å². The van der Waals surface area contributed by atoms with Crippen molar-refractivity contribution in [1.82, 2.24) is 0 Å². The summed E-state index contributed by atoms with van der Waals surface area (Å²) in [5.74, 6) is -0.746. The van der Waals surface area contributed by atoms with Gasteiger partial charge in [-0.1, -0.05) is 19.1 Å². The summed E-state index contributed by atoms with van der Waals surface area (Å²) < 4.78 is 35.0. The van der Waals surface area contributed by atoms with E-state index in [-0.39, 0.29) is 11.5 Å². The van der Waals surface area contributed by atoms with E-state index in [1.54, 1.807) is 0 Å². The highest BCUT2D eigenvalue weighted by Gasteiger charge is 2.16. The largest absolute Gasteiger partial charge is 0.387 e. The Morgan fingerprint density at radius 2 is 1.87 bits per heavy atom. The molecule has 3 nitrogen and oxygen atoms in total. The van der Waals surface area contributed by atoms with Crippen LogP contribution in [0.25, 0.3) is 0 Å². The van der Waals surface area contributed by atoms with Crippen LogP contribution in [-0.4, -0.2) is 25.0 Å². The molecule has 15 heavy (non-hydrogen) atoms. The van der Waals surface area contributed by atoms with Gasteiger partial charge in [0.15, 0.2) is 9.84 Å². The van der Waals surface area contributed by atoms with Crippen LogP contribution in [0.5, 0.6) is 0 Å². The van der Waals surface area contributed by atoms with Crippen molar-refractivity contribution in [3.8, 4) is 0 Å². The lowest BCUT2D eigenvalue weighted by atomic mass is 10.1. The molecule has 0 radical (unpaired) electrons. The maximum Gasteiger partial charge on any atom is 0.152 e. The van der Waals surface area contributed by atoms with Crippen LogP contribution in [0.3, 0.4) is 0 Å². The first-order valence-electron chi connectivity index (χ1n) is 4.58. The minimum atomic E-state index is -3.22. The van der Waals surface area contributed by atoms with Crippen molar-refractivity contribution in [3.05, 3.63) is 35.6 Å². The molecule has 0 aliphatic heterocycles. The number of benzene rings is 1. The summed E-state index contributed by atoms with van der Waals surface area (Å²) in [7, 11) is -3.22. The Labute approximate surface area is 88.5 Å². The molecule has 1 atom stereocenters. The molecule has 0 saturated carbocycles. The number of rotatable bonds is 4. The summed E-state index contributed by atoms with van der Waals surface area (Å²) in [5, 5.41) is 9.58. The maximum absolute atomic E-state index is 12.6. The van der Waals surface area contributed by atoms with Gasteiger partial charge in [0.1, 0.15) is 5.82 Å². The van der Waals surface area contributed by atoms with Crippen molar-refractivity contribution in [1.29, 1.82) is 0 Å². The predicted molar refractivity (Wildman–Crippen MR) is 55.7 cm³/mol. The highest BCUT2D eigenvalue weighted by atomic mass is 32.2. The SMILES string of the molecule is CCS(=O)(=O)C[C@@H](O)c1ccc(F)cc1. The van der Waals surface area contributed by atoms with E-state index in [1.807, 2.05) is 0 Å². The highest BCUT2D eigenvalue weighted by molar-refractivity contribution is 7.91. The van der Waals surface area contributed by atoms with Gasteiger partial charge >= 0.3 is 0 Å². The Morgan fingerprint density at radius 3 is 2.33 bits per heavy atom. The van der Waals surface area contributed by atoms with Gasteiger partial charge < -0.3 is 5.11 Å². The zero-order valence-corrected chi connectivity index (χ0v) is 9.17. The Hall–Kier alpha value is -0.940. The Morgan fingerprint density at radius 1 is 1.33 bits per heavy atom. The third kappa shape index (κ3) is 3.60. The van der Waals surface area contributed by atoms with Crippen molar-refractivity contribution in [3.63, 3.8) is 0 Å². The number of aliphatic hydroxyl groups is 1. The molecular weight excluding hydrogens is 219 g/mol. The Balaban J connectivity index is 2.78. The Kier molecular flexibility index (Phi) is 3.82. The first-order chi connectivity index (χ1) is 6.94. The van der Waals surface area contributed by atoms with Gasteiger partial charge in [-0.3, -0.25) is 0 Å². The molecule has 0 unspecified atom stereocenters. The van der Waals surface area contributed by atoms with E-state index >= 15 is 0 Å². The predicted octanol–water partition coefficient (Wildman–Crippen LogP) is 1.29. The molecule has 1 aromatic rings. The zero-order chi connectivity index (χ0) is 11.5. The monoisotopic (exact) mass is 232 g/mol. The van der Waals surface area contributed by atoms with Gasteiger partial charge in [0.2, 0.25) is 0 Å². The van der Waals surface area contributed by atoms with E-state index in [1.165, 1.54) is 31.2 Å². The minimum absolute atomic E-state index is 0.00868. The second kappa shape index (κ2) is 4.72. The van der Waals surface area contributed by atoms with Crippen molar-refractivity contribution in [2.24, 2.45) is 0 Å². The average molecular weight is 232 g/mol. The third-order valence-electron chi connectivity index (χ3n) is 2.11. The lowest BCUT2D eigenvalue weighted by Gasteiger charge is -2.10. The number of sulfone groups is 1. The summed E-state index contributed by atoms with van der Waals surface area (Å²) >= 11 is 0. The van der Waals surface area contributed by atoms with E-state index in [9.17, 15) is 17.9 Å². The fraction of sp³-hybridized carbons (Fsp3) is 0.400. The van der Waals surface area contributed by atoms with Gasteiger partial charge in [-0.2, -0.15) is 0 Å². The fourth-order valence-electron chi connectivity index (χ4n) is 1.14. The molecule has 0 aliphatic rings. The van der Waals surface area contributed by atoms with Gasteiger partial charge in [-0.05, 0) is 17.7 Å². The smallest absolute Gasteiger partial charge is 0.152 e. The topological polar surface area (TPSA) is 54.4 Å². The molecule has 1 N–H and O–H groups in total.